The van der Waals surface area contributed by atoms with Gasteiger partial charge in [-0.2, -0.15) is 0 Å². The molecule has 0 saturated carbocycles. The summed E-state index contributed by atoms with van der Waals surface area (Å²) in [5.41, 5.74) is 0. The Bertz CT molecular complexity index is 379. The fourth-order valence-corrected chi connectivity index (χ4v) is 55.2. The van der Waals surface area contributed by atoms with E-state index in [1.807, 2.05) is 0 Å². The Morgan fingerprint density at radius 2 is 0.963 bits per heavy atom. The summed E-state index contributed by atoms with van der Waals surface area (Å²) in [4.78, 5) is 0. The van der Waals surface area contributed by atoms with E-state index in [4.69, 9.17) is 26.6 Å². The quantitative estimate of drug-likeness (QED) is 0.0632. The van der Waals surface area contributed by atoms with E-state index in [9.17, 15) is 0 Å². The largest absolute Gasteiger partial charge is 0.301 e. The maximum Gasteiger partial charge on any atom is 0.0820 e. The van der Waals surface area contributed by atoms with Crippen molar-refractivity contribution in [3.8, 4) is 0 Å². The molecular weight excluding hydrogens is 790 g/mol. The Morgan fingerprint density at radius 1 is 0.630 bits per heavy atom. The van der Waals surface area contributed by atoms with E-state index in [2.05, 4.69) is 18.6 Å². The monoisotopic (exact) mass is 795 g/mol. The van der Waals surface area contributed by atoms with Gasteiger partial charge in [0.15, 0.2) is 0 Å². The molecule has 0 spiro atoms. The smallest absolute Gasteiger partial charge is 0.0820 e. The van der Waals surface area contributed by atoms with Crippen LogP contribution in [0.4, 0.5) is 0 Å². The lowest BCUT2D eigenvalue weighted by Crippen LogP contribution is -1.96. The summed E-state index contributed by atoms with van der Waals surface area (Å²) in [6, 6.07) is 0. The Hall–Kier alpha value is 7.75. The molecule has 164 valence electrons. The van der Waals surface area contributed by atoms with Gasteiger partial charge in [-0.1, -0.05) is 18.6 Å². The van der Waals surface area contributed by atoms with Crippen LogP contribution in [0.2, 0.25) is 0 Å². The third-order valence-electron chi connectivity index (χ3n) is 1.02. The van der Waals surface area contributed by atoms with Crippen molar-refractivity contribution >= 4 is 227 Å². The second-order valence-electron chi connectivity index (χ2n) is 2.53. The maximum atomic E-state index is 5.51. The van der Waals surface area contributed by atoms with Crippen LogP contribution in [-0.2, 0) is 33.0 Å². The van der Waals surface area contributed by atoms with Crippen LogP contribution in [0, 0.1) is 0 Å². The zero-order valence-corrected chi connectivity index (χ0v) is 31.1. The SMILES string of the molecule is CCCOS(=S)(=S)SSSSSSSSSSSSSSSSSSSS. The van der Waals surface area contributed by atoms with Crippen molar-refractivity contribution < 1.29 is 4.18 Å². The molecule has 0 aromatic carbocycles. The fourth-order valence-electron chi connectivity index (χ4n) is 0.433. The summed E-state index contributed by atoms with van der Waals surface area (Å²) in [6.07, 6.45) is 0.953. The van der Waals surface area contributed by atoms with Gasteiger partial charge in [-0.3, -0.25) is 0 Å². The first-order valence-electron chi connectivity index (χ1n) is 5.35. The molecule has 0 aliphatic heterocycles. The normalized spacial score (nSPS) is 11.9. The Balaban J connectivity index is 3.15. The molecule has 0 atom stereocenters. The van der Waals surface area contributed by atoms with Crippen molar-refractivity contribution in [1.29, 1.82) is 0 Å². The molecule has 0 rings (SSSR count). The summed E-state index contributed by atoms with van der Waals surface area (Å²) < 4.78 is 5.51. The highest BCUT2D eigenvalue weighted by Crippen LogP contribution is 2.64. The van der Waals surface area contributed by atoms with Crippen molar-refractivity contribution in [3.05, 3.63) is 0 Å². The molecule has 0 bridgehead atoms. The predicted octanol–water partition coefficient (Wildman–Crippen LogP) is 13.6. The molecule has 27 heavy (non-hydrogen) atoms. The van der Waals surface area contributed by atoms with Crippen molar-refractivity contribution in [1.82, 2.24) is 0 Å². The van der Waals surface area contributed by atoms with Crippen molar-refractivity contribution in [3.63, 3.8) is 0 Å². The predicted molar refractivity (Wildman–Crippen MR) is 192 cm³/mol. The van der Waals surface area contributed by atoms with Crippen LogP contribution in [0.25, 0.3) is 0 Å². The van der Waals surface area contributed by atoms with E-state index >= 15 is 0 Å². The van der Waals surface area contributed by atoms with E-state index in [0.29, 0.717) is 6.61 Å². The lowest BCUT2D eigenvalue weighted by atomic mass is 10.5. The molecule has 0 aromatic heterocycles. The van der Waals surface area contributed by atoms with E-state index in [1.165, 1.54) is 19.7 Å². The molecule has 24 heteroatoms. The van der Waals surface area contributed by atoms with Crippen LogP contribution in [-0.4, -0.2) is 6.61 Å². The van der Waals surface area contributed by atoms with Gasteiger partial charge in [-0.05, 0) is 107 Å². The van der Waals surface area contributed by atoms with Gasteiger partial charge in [-0.15, -0.1) is 0 Å². The zero-order chi connectivity index (χ0) is 20.1. The summed E-state index contributed by atoms with van der Waals surface area (Å²) in [5, 5.41) is 0. The highest BCUT2D eigenvalue weighted by molar-refractivity contribution is 9.59. The highest BCUT2D eigenvalue weighted by atomic mass is 34.1. The molecule has 0 aliphatic carbocycles. The van der Waals surface area contributed by atoms with E-state index in [0.717, 1.165) is 6.42 Å². The van der Waals surface area contributed by atoms with Gasteiger partial charge in [0.2, 0.25) is 0 Å². The first-order chi connectivity index (χ1) is 13.1. The van der Waals surface area contributed by atoms with Gasteiger partial charge < -0.3 is 4.18 Å². The summed E-state index contributed by atoms with van der Waals surface area (Å²) in [7, 11) is 32.8. The minimum atomic E-state index is -1.80. The fraction of sp³-hybridized carbons (Fsp3) is 1.00. The van der Waals surface area contributed by atoms with Crippen molar-refractivity contribution in [2.24, 2.45) is 0 Å². The molecule has 0 saturated heterocycles. The Kier molecular flexibility index (Phi) is 36.5. The molecule has 0 N–H and O–H groups in total. The second-order valence-corrected chi connectivity index (χ2v) is 43.5. The number of rotatable bonds is 22. The Morgan fingerprint density at radius 3 is 1.30 bits per heavy atom. The van der Waals surface area contributed by atoms with Crippen LogP contribution in [0.5, 0.6) is 0 Å². The lowest BCUT2D eigenvalue weighted by molar-refractivity contribution is 0.374. The average Bonchev–Trinajstić information content (AvgIpc) is 2.65. The van der Waals surface area contributed by atoms with Crippen LogP contribution in [0.15, 0.2) is 0 Å². The third kappa shape index (κ3) is 29.9. The standard InChI is InChI=1S/C3H8OS23/c1-2-3-4-27(6,7)26-25-24-23-22-21-20-19-18-17-16-15-14-13-12-11-10-9-8-5/h5H,2-3H2,1H3. The third-order valence-corrected chi connectivity index (χ3v) is 47.7. The number of hydrogen-bond acceptors (Lipinski definition) is 23. The first kappa shape index (κ1) is 34.8. The van der Waals surface area contributed by atoms with Gasteiger partial charge in [0.1, 0.15) is 0 Å². The minimum absolute atomic E-state index is 0.655. The highest BCUT2D eigenvalue weighted by Gasteiger charge is 2.05. The van der Waals surface area contributed by atoms with Crippen LogP contribution in [0.3, 0.4) is 0 Å². The minimum Gasteiger partial charge on any atom is -0.301 e. The van der Waals surface area contributed by atoms with Crippen LogP contribution < -0.4 is 0 Å². The summed E-state index contributed by atoms with van der Waals surface area (Å²) in [6.45, 7) is 0.914. The summed E-state index contributed by atoms with van der Waals surface area (Å²) >= 11 is 14.6. The molecule has 0 amide bonds. The number of thiol groups is 1. The molecule has 0 aromatic rings. The number of hydrogen-bond donors (Lipinski definition) is 1. The van der Waals surface area contributed by atoms with E-state index in [1.54, 1.807) is 167 Å². The maximum absolute atomic E-state index is 5.51. The molecule has 1 nitrogen and oxygen atoms in total. The van der Waals surface area contributed by atoms with Gasteiger partial charge in [0, 0.05) is 108 Å². The average molecular weight is 798 g/mol. The van der Waals surface area contributed by atoms with Crippen LogP contribution >= 0.6 is 198 Å². The van der Waals surface area contributed by atoms with Gasteiger partial charge >= 0.3 is 0 Å². The van der Waals surface area contributed by atoms with Gasteiger partial charge in [0.25, 0.3) is 0 Å². The first-order valence-corrected chi connectivity index (χ1v) is 35.1. The van der Waals surface area contributed by atoms with Crippen molar-refractivity contribution in [2.75, 3.05) is 6.61 Å². The van der Waals surface area contributed by atoms with E-state index < -0.39 is 6.46 Å². The van der Waals surface area contributed by atoms with E-state index in [-0.39, 0.29) is 0 Å². The second kappa shape index (κ2) is 28.3. The molecular formula is C3H8OS23. The van der Waals surface area contributed by atoms with Crippen LogP contribution in [0.1, 0.15) is 13.3 Å². The molecule has 0 heterocycles. The summed E-state index contributed by atoms with van der Waals surface area (Å²) in [5.74, 6) is 0. The molecule has 0 fully saturated rings. The zero-order valence-electron chi connectivity index (χ0n) is 12.3. The van der Waals surface area contributed by atoms with Gasteiger partial charge in [0.05, 0.1) is 13.1 Å². The Labute approximate surface area is 246 Å². The van der Waals surface area contributed by atoms with Crippen molar-refractivity contribution in [2.45, 2.75) is 13.3 Å². The topological polar surface area (TPSA) is 9.23 Å². The molecule has 0 aliphatic rings. The lowest BCUT2D eigenvalue weighted by Gasteiger charge is -2.07. The molecule has 0 unspecified atom stereocenters. The molecule has 0 radical (unpaired) electrons. The van der Waals surface area contributed by atoms with Gasteiger partial charge in [-0.25, -0.2) is 0 Å².